The molecule has 6 heteroatoms. The first kappa shape index (κ1) is 16.4. The highest BCUT2D eigenvalue weighted by atomic mass is 35.5. The fourth-order valence-corrected chi connectivity index (χ4v) is 4.08. The quantitative estimate of drug-likeness (QED) is 0.905. The van der Waals surface area contributed by atoms with Crippen molar-refractivity contribution in [1.29, 1.82) is 0 Å². The highest BCUT2D eigenvalue weighted by Gasteiger charge is 2.29. The summed E-state index contributed by atoms with van der Waals surface area (Å²) in [7, 11) is -3.35. The lowest BCUT2D eigenvalue weighted by atomic mass is 10.2. The van der Waals surface area contributed by atoms with Gasteiger partial charge in [-0.2, -0.15) is 4.31 Å². The Bertz CT molecular complexity index is 546. The summed E-state index contributed by atoms with van der Waals surface area (Å²) >= 11 is 0. The number of halogens is 1. The molecular weight excluding hydrogens is 284 g/mol. The van der Waals surface area contributed by atoms with Gasteiger partial charge in [-0.05, 0) is 32.4 Å². The molecule has 1 fully saturated rings. The van der Waals surface area contributed by atoms with E-state index in [1.165, 1.54) is 0 Å². The molecule has 1 aliphatic rings. The third kappa shape index (κ3) is 3.48. The van der Waals surface area contributed by atoms with E-state index >= 15 is 0 Å². The van der Waals surface area contributed by atoms with E-state index in [4.69, 9.17) is 0 Å². The molecule has 0 unspecified atom stereocenters. The van der Waals surface area contributed by atoms with Crippen LogP contribution in [0.25, 0.3) is 0 Å². The number of sulfonamides is 1. The van der Waals surface area contributed by atoms with Gasteiger partial charge in [0.25, 0.3) is 0 Å². The topological polar surface area (TPSA) is 49.4 Å². The summed E-state index contributed by atoms with van der Waals surface area (Å²) in [6.07, 6.45) is 0. The maximum absolute atomic E-state index is 12.6. The minimum Gasteiger partial charge on any atom is -0.312 e. The third-order valence-electron chi connectivity index (χ3n) is 3.28. The molecule has 0 aromatic heterocycles. The van der Waals surface area contributed by atoms with Gasteiger partial charge in [-0.15, -0.1) is 12.4 Å². The maximum Gasteiger partial charge on any atom is 0.243 e. The van der Waals surface area contributed by atoms with Gasteiger partial charge in [-0.1, -0.05) is 17.7 Å². The number of rotatable bonds is 2. The summed E-state index contributed by atoms with van der Waals surface area (Å²) < 4.78 is 26.7. The van der Waals surface area contributed by atoms with E-state index in [1.54, 1.807) is 10.4 Å². The zero-order chi connectivity index (χ0) is 13.3. The minimum atomic E-state index is -3.35. The molecule has 0 saturated carbocycles. The second-order valence-corrected chi connectivity index (χ2v) is 6.89. The van der Waals surface area contributed by atoms with Crippen molar-refractivity contribution in [2.45, 2.75) is 31.7 Å². The van der Waals surface area contributed by atoms with Gasteiger partial charge >= 0.3 is 0 Å². The summed E-state index contributed by atoms with van der Waals surface area (Å²) in [5.41, 5.74) is 1.90. The van der Waals surface area contributed by atoms with Crippen molar-refractivity contribution in [3.05, 3.63) is 29.3 Å². The van der Waals surface area contributed by atoms with Crippen LogP contribution in [0.1, 0.15) is 18.1 Å². The van der Waals surface area contributed by atoms with Gasteiger partial charge in [0.2, 0.25) is 10.0 Å². The van der Waals surface area contributed by atoms with Gasteiger partial charge in [0, 0.05) is 25.7 Å². The summed E-state index contributed by atoms with van der Waals surface area (Å²) in [5, 5.41) is 3.25. The normalized spacial score (nSPS) is 20.9. The van der Waals surface area contributed by atoms with Gasteiger partial charge < -0.3 is 5.32 Å². The summed E-state index contributed by atoms with van der Waals surface area (Å²) in [6.45, 7) is 7.62. The summed E-state index contributed by atoms with van der Waals surface area (Å²) in [5.74, 6) is 0. The van der Waals surface area contributed by atoms with Gasteiger partial charge in [0.05, 0.1) is 4.90 Å². The minimum absolute atomic E-state index is 0. The maximum atomic E-state index is 12.6. The van der Waals surface area contributed by atoms with Crippen molar-refractivity contribution in [3.8, 4) is 0 Å². The molecular formula is C13H21ClN2O2S. The van der Waals surface area contributed by atoms with Crippen LogP contribution in [-0.4, -0.2) is 38.4 Å². The van der Waals surface area contributed by atoms with Crippen LogP contribution in [0, 0.1) is 13.8 Å². The Morgan fingerprint density at radius 1 is 1.32 bits per heavy atom. The number of benzene rings is 1. The highest BCUT2D eigenvalue weighted by Crippen LogP contribution is 2.21. The van der Waals surface area contributed by atoms with E-state index < -0.39 is 10.0 Å². The van der Waals surface area contributed by atoms with Crippen molar-refractivity contribution in [3.63, 3.8) is 0 Å². The number of hydrogen-bond donors (Lipinski definition) is 1. The molecule has 108 valence electrons. The van der Waals surface area contributed by atoms with E-state index in [9.17, 15) is 8.42 Å². The molecule has 4 nitrogen and oxygen atoms in total. The van der Waals surface area contributed by atoms with Crippen molar-refractivity contribution >= 4 is 22.4 Å². The van der Waals surface area contributed by atoms with E-state index in [-0.39, 0.29) is 18.4 Å². The number of nitrogens with zero attached hydrogens (tertiary/aromatic N) is 1. The highest BCUT2D eigenvalue weighted by molar-refractivity contribution is 7.89. The Hall–Kier alpha value is -0.620. The predicted octanol–water partition coefficient (Wildman–Crippen LogP) is 1.71. The lowest BCUT2D eigenvalue weighted by Crippen LogP contribution is -2.51. The average Bonchev–Trinajstić information content (AvgIpc) is 2.28. The molecule has 0 aliphatic carbocycles. The molecule has 0 spiro atoms. The molecule has 2 rings (SSSR count). The van der Waals surface area contributed by atoms with Crippen molar-refractivity contribution in [2.75, 3.05) is 19.6 Å². The molecule has 1 atom stereocenters. The lowest BCUT2D eigenvalue weighted by molar-refractivity contribution is 0.310. The number of aryl methyl sites for hydroxylation is 2. The van der Waals surface area contributed by atoms with Gasteiger partial charge in [-0.25, -0.2) is 8.42 Å². The largest absolute Gasteiger partial charge is 0.312 e. The third-order valence-corrected chi connectivity index (χ3v) is 5.31. The number of hydrogen-bond acceptors (Lipinski definition) is 3. The first-order valence-corrected chi connectivity index (χ1v) is 7.66. The molecule has 1 aromatic rings. The molecule has 1 saturated heterocycles. The first-order valence-electron chi connectivity index (χ1n) is 6.22. The van der Waals surface area contributed by atoms with Crippen LogP contribution < -0.4 is 5.32 Å². The number of nitrogens with one attached hydrogen (secondary N) is 1. The van der Waals surface area contributed by atoms with Gasteiger partial charge in [0.1, 0.15) is 0 Å². The van der Waals surface area contributed by atoms with Crippen LogP contribution in [-0.2, 0) is 10.0 Å². The Labute approximate surface area is 121 Å². The standard InChI is InChI=1S/C13H20N2O2S.ClH/c1-10-4-5-13(11(2)8-10)18(16,17)15-7-6-14-12(3)9-15;/h4-5,8,12,14H,6-7,9H2,1-3H3;1H/t12-;/m0./s1. The SMILES string of the molecule is Cc1ccc(S(=O)(=O)N2CCN[C@@H](C)C2)c(C)c1.Cl. The Morgan fingerprint density at radius 2 is 2.00 bits per heavy atom. The van der Waals surface area contributed by atoms with Crippen LogP contribution in [0.3, 0.4) is 0 Å². The monoisotopic (exact) mass is 304 g/mol. The molecule has 0 bridgehead atoms. The second-order valence-electron chi connectivity index (χ2n) is 4.99. The van der Waals surface area contributed by atoms with Gasteiger partial charge in [0.15, 0.2) is 0 Å². The van der Waals surface area contributed by atoms with E-state index in [2.05, 4.69) is 5.32 Å². The molecule has 1 aliphatic heterocycles. The Morgan fingerprint density at radius 3 is 2.58 bits per heavy atom. The van der Waals surface area contributed by atoms with Gasteiger partial charge in [-0.3, -0.25) is 0 Å². The van der Waals surface area contributed by atoms with E-state index in [0.29, 0.717) is 24.5 Å². The van der Waals surface area contributed by atoms with Crippen LogP contribution in [0.5, 0.6) is 0 Å². The molecule has 19 heavy (non-hydrogen) atoms. The smallest absolute Gasteiger partial charge is 0.243 e. The van der Waals surface area contributed by atoms with Crippen LogP contribution >= 0.6 is 12.4 Å². The van der Waals surface area contributed by atoms with E-state index in [1.807, 2.05) is 32.9 Å². The second kappa shape index (κ2) is 6.22. The molecule has 0 amide bonds. The average molecular weight is 305 g/mol. The summed E-state index contributed by atoms with van der Waals surface area (Å²) in [6, 6.07) is 5.69. The Balaban J connectivity index is 0.00000180. The van der Waals surface area contributed by atoms with E-state index in [0.717, 1.165) is 11.1 Å². The van der Waals surface area contributed by atoms with Crippen molar-refractivity contribution in [2.24, 2.45) is 0 Å². The molecule has 1 N–H and O–H groups in total. The zero-order valence-electron chi connectivity index (χ0n) is 11.5. The number of piperazine rings is 1. The predicted molar refractivity (Wildman–Crippen MR) is 79.4 cm³/mol. The molecule has 1 aromatic carbocycles. The first-order chi connectivity index (χ1) is 8.41. The van der Waals surface area contributed by atoms with Crippen molar-refractivity contribution in [1.82, 2.24) is 9.62 Å². The molecule has 0 radical (unpaired) electrons. The van der Waals surface area contributed by atoms with Crippen LogP contribution in [0.2, 0.25) is 0 Å². The fourth-order valence-electron chi connectivity index (χ4n) is 2.34. The summed E-state index contributed by atoms with van der Waals surface area (Å²) in [4.78, 5) is 0.433. The van der Waals surface area contributed by atoms with Crippen molar-refractivity contribution < 1.29 is 8.42 Å². The van der Waals surface area contributed by atoms with Crippen LogP contribution in [0.4, 0.5) is 0 Å². The zero-order valence-corrected chi connectivity index (χ0v) is 13.1. The fraction of sp³-hybridized carbons (Fsp3) is 0.538. The Kier molecular flexibility index (Phi) is 5.38. The molecule has 1 heterocycles. The lowest BCUT2D eigenvalue weighted by Gasteiger charge is -2.31. The van der Waals surface area contributed by atoms with Crippen LogP contribution in [0.15, 0.2) is 23.1 Å².